The molecule has 0 aliphatic carbocycles. The Kier molecular flexibility index (Phi) is 14.0. The first-order valence-electron chi connectivity index (χ1n) is 11.5. The molecule has 6 aromatic rings. The number of unbranched alkanes of at least 4 members (excludes halogenated alkanes) is 1. The molecule has 0 fully saturated rings. The van der Waals surface area contributed by atoms with Crippen molar-refractivity contribution < 1.29 is 27.7 Å². The monoisotopic (exact) mass is 664 g/mol. The number of hydrogen-bond donors (Lipinski definition) is 0. The van der Waals surface area contributed by atoms with E-state index in [0.717, 1.165) is 49.3 Å². The van der Waals surface area contributed by atoms with Crippen LogP contribution in [-0.2, 0) is 0 Å². The zero-order valence-corrected chi connectivity index (χ0v) is 25.4. The summed E-state index contributed by atoms with van der Waals surface area (Å²) in [4.78, 5) is 0. The van der Waals surface area contributed by atoms with Crippen molar-refractivity contribution in [1.29, 1.82) is 0 Å². The van der Waals surface area contributed by atoms with Gasteiger partial charge in [0.1, 0.15) is 22.3 Å². The Bertz CT molecular complexity index is 1410. The van der Waals surface area contributed by atoms with Gasteiger partial charge in [-0.05, 0) is 40.2 Å². The summed E-state index contributed by atoms with van der Waals surface area (Å²) < 4.78 is 12.4. The van der Waals surface area contributed by atoms with Crippen LogP contribution < -0.4 is 18.9 Å². The molecule has 0 N–H and O–H groups in total. The van der Waals surface area contributed by atoms with Gasteiger partial charge in [0, 0.05) is 32.2 Å². The van der Waals surface area contributed by atoms with Crippen LogP contribution in [0.3, 0.4) is 0 Å². The van der Waals surface area contributed by atoms with E-state index in [0.29, 0.717) is 0 Å². The summed E-state index contributed by atoms with van der Waals surface area (Å²) >= 11 is 9.88. The van der Waals surface area contributed by atoms with Gasteiger partial charge in [0.05, 0.1) is 4.47 Å². The van der Waals surface area contributed by atoms with Gasteiger partial charge in [0.15, 0.2) is 0 Å². The molecule has 4 aromatic carbocycles. The van der Waals surface area contributed by atoms with Crippen LogP contribution in [0.5, 0.6) is 0 Å². The molecule has 0 atom stereocenters. The van der Waals surface area contributed by atoms with Gasteiger partial charge < -0.3 is 15.8 Å². The Morgan fingerprint density at radius 2 is 1.00 bits per heavy atom. The number of hydrogen-bond acceptors (Lipinski definition) is 2. The smallest absolute Gasteiger partial charge is 0.456 e. The van der Waals surface area contributed by atoms with E-state index in [1.807, 2.05) is 66.7 Å². The third-order valence-electron chi connectivity index (χ3n) is 5.07. The number of furan rings is 2. The summed E-state index contributed by atoms with van der Waals surface area (Å²) in [6, 6.07) is 30.4. The summed E-state index contributed by atoms with van der Waals surface area (Å²) in [5.74, 6) is 0. The number of benzene rings is 4. The van der Waals surface area contributed by atoms with E-state index in [2.05, 4.69) is 85.9 Å². The normalized spacial score (nSPS) is 10.0. The number of rotatable bonds is 2. The van der Waals surface area contributed by atoms with Crippen LogP contribution in [0.25, 0.3) is 43.9 Å². The Balaban J connectivity index is 0.000000193. The zero-order valence-electron chi connectivity index (χ0n) is 20.6. The van der Waals surface area contributed by atoms with Crippen molar-refractivity contribution in [2.24, 2.45) is 0 Å². The van der Waals surface area contributed by atoms with Crippen LogP contribution >= 0.6 is 47.8 Å². The average molecular weight is 667 g/mol. The number of fused-ring (bicyclic) bond motifs is 6. The van der Waals surface area contributed by atoms with Gasteiger partial charge in [-0.25, -0.2) is 0 Å². The Morgan fingerprint density at radius 3 is 1.44 bits per heavy atom. The third kappa shape index (κ3) is 8.01. The molecule has 6 rings (SSSR count). The number of halogens is 3. The first-order chi connectivity index (χ1) is 17.1. The molecular formula is C30H28Br3LiO2. The minimum absolute atomic E-state index is 0. The predicted molar refractivity (Wildman–Crippen MR) is 163 cm³/mol. The third-order valence-corrected chi connectivity index (χ3v) is 7.55. The quantitative estimate of drug-likeness (QED) is 0.106. The summed E-state index contributed by atoms with van der Waals surface area (Å²) in [5.41, 5.74) is 3.79. The largest absolute Gasteiger partial charge is 1.00 e. The van der Waals surface area contributed by atoms with E-state index in [1.165, 1.54) is 22.6 Å². The minimum Gasteiger partial charge on any atom is -0.456 e. The number of para-hydroxylation sites is 4. The molecule has 2 nitrogen and oxygen atoms in total. The summed E-state index contributed by atoms with van der Waals surface area (Å²) in [5, 5.41) is 6.81. The van der Waals surface area contributed by atoms with Crippen molar-refractivity contribution in [2.75, 3.05) is 10.7 Å². The van der Waals surface area contributed by atoms with Crippen LogP contribution in [0.4, 0.5) is 0 Å². The van der Waals surface area contributed by atoms with Gasteiger partial charge in [-0.15, -0.1) is 0 Å². The van der Waals surface area contributed by atoms with Gasteiger partial charge in [0.2, 0.25) is 0 Å². The molecule has 2 heterocycles. The first-order valence-corrected chi connectivity index (χ1v) is 14.5. The van der Waals surface area contributed by atoms with Crippen molar-refractivity contribution >= 4 is 91.7 Å². The van der Waals surface area contributed by atoms with E-state index < -0.39 is 0 Å². The first kappa shape index (κ1) is 30.7. The molecule has 0 aliphatic heterocycles. The number of alkyl halides is 2. The van der Waals surface area contributed by atoms with E-state index in [4.69, 9.17) is 8.83 Å². The van der Waals surface area contributed by atoms with Gasteiger partial charge in [-0.3, -0.25) is 0 Å². The molecule has 2 aromatic heterocycles. The summed E-state index contributed by atoms with van der Waals surface area (Å²) in [6.07, 6.45) is 2.28. The molecule has 182 valence electrons. The predicted octanol–water partition coefficient (Wildman–Crippen LogP) is 8.34. The minimum atomic E-state index is 0. The molecule has 0 spiro atoms. The topological polar surface area (TPSA) is 26.3 Å². The van der Waals surface area contributed by atoms with Crippen LogP contribution in [0, 0.1) is 6.92 Å². The van der Waals surface area contributed by atoms with E-state index in [9.17, 15) is 0 Å². The molecule has 6 heteroatoms. The van der Waals surface area contributed by atoms with Crippen molar-refractivity contribution in [3.63, 3.8) is 0 Å². The van der Waals surface area contributed by atoms with E-state index >= 15 is 0 Å². The fourth-order valence-electron chi connectivity index (χ4n) is 3.39. The second-order valence-corrected chi connectivity index (χ2v) is 9.98. The van der Waals surface area contributed by atoms with Crippen molar-refractivity contribution in [1.82, 2.24) is 0 Å². The van der Waals surface area contributed by atoms with Gasteiger partial charge in [-0.1, -0.05) is 112 Å². The fourth-order valence-corrected chi connectivity index (χ4v) is 3.83. The molecule has 0 unspecified atom stereocenters. The summed E-state index contributed by atoms with van der Waals surface area (Å²) in [6.45, 7) is 5.72. The molecular weight excluding hydrogens is 639 g/mol. The Labute approximate surface area is 250 Å². The summed E-state index contributed by atoms with van der Waals surface area (Å²) in [7, 11) is 0. The Hall–Kier alpha value is -1.48. The van der Waals surface area contributed by atoms with E-state index in [1.54, 1.807) is 0 Å². The molecule has 0 saturated carbocycles. The maximum atomic E-state index is 5.74. The van der Waals surface area contributed by atoms with Crippen LogP contribution in [0.2, 0.25) is 0 Å². The van der Waals surface area contributed by atoms with Crippen LogP contribution in [-0.4, -0.2) is 10.7 Å². The molecule has 0 saturated heterocycles. The molecule has 0 bridgehead atoms. The maximum absolute atomic E-state index is 5.74. The van der Waals surface area contributed by atoms with Gasteiger partial charge in [0.25, 0.3) is 0 Å². The van der Waals surface area contributed by atoms with Crippen LogP contribution in [0.1, 0.15) is 19.8 Å². The zero-order chi connectivity index (χ0) is 25.0. The molecule has 0 aliphatic rings. The molecule has 0 amide bonds. The fraction of sp³-hybridized carbons (Fsp3) is 0.167. The maximum Gasteiger partial charge on any atom is 1.00 e. The van der Waals surface area contributed by atoms with E-state index in [-0.39, 0.29) is 18.9 Å². The second-order valence-electron chi connectivity index (χ2n) is 7.54. The Morgan fingerprint density at radius 1 is 0.611 bits per heavy atom. The van der Waals surface area contributed by atoms with Crippen molar-refractivity contribution in [3.8, 4) is 0 Å². The van der Waals surface area contributed by atoms with Crippen LogP contribution in [0.15, 0.2) is 104 Å². The second kappa shape index (κ2) is 16.4. The SMILES string of the molecule is BrCCBr.Brc1cccc2c1oc1ccccc12.[CH2-]CCC.[Li+].c1ccc2c(c1)oc1ccccc12. The molecule has 0 radical (unpaired) electrons. The molecule has 36 heavy (non-hydrogen) atoms. The van der Waals surface area contributed by atoms with Gasteiger partial charge >= 0.3 is 18.9 Å². The van der Waals surface area contributed by atoms with Gasteiger partial charge in [-0.2, -0.15) is 6.42 Å². The standard InChI is InChI=1S/C12H7BrO.C12H8O.C4H9.C2H4Br2.Li/c13-10-6-3-5-9-8-4-1-2-7-11(8)14-12(9)10;1-3-7-11-9(5-1)10-6-2-4-8-12(10)13-11;1-3-4-2;3-1-2-4;/h1-7H;1-8H;1,3-4H2,2H3;1-2H2;/q;;-1;;+1. The van der Waals surface area contributed by atoms with Crippen molar-refractivity contribution in [2.45, 2.75) is 19.8 Å². The van der Waals surface area contributed by atoms with Crippen molar-refractivity contribution in [3.05, 3.63) is 102 Å². The average Bonchev–Trinajstić information content (AvgIpc) is 3.49.